The Morgan fingerprint density at radius 3 is 2.52 bits per heavy atom. The number of rotatable bonds is 5. The largest absolute Gasteiger partial charge is 0.340 e. The number of aromatic nitrogens is 2. The van der Waals surface area contributed by atoms with Gasteiger partial charge in [0.25, 0.3) is 0 Å². The van der Waals surface area contributed by atoms with Crippen LogP contribution in [-0.2, 0) is 12.8 Å². The van der Waals surface area contributed by atoms with E-state index in [0.29, 0.717) is 11.9 Å². The molecule has 1 fully saturated rings. The summed E-state index contributed by atoms with van der Waals surface area (Å²) in [6.45, 7) is 4.30. The SMILES string of the molecule is CCc1cccc(CC)c1NC(=N)c1cnn(C2CC2)c1. The molecule has 1 saturated carbocycles. The number of benzene rings is 1. The van der Waals surface area contributed by atoms with Gasteiger partial charge in [0.05, 0.1) is 17.8 Å². The maximum Gasteiger partial charge on any atom is 0.133 e. The van der Waals surface area contributed by atoms with Crippen molar-refractivity contribution in [1.29, 1.82) is 5.41 Å². The first-order valence-corrected chi connectivity index (χ1v) is 7.73. The minimum atomic E-state index is 0.428. The highest BCUT2D eigenvalue weighted by molar-refractivity contribution is 6.06. The van der Waals surface area contributed by atoms with Gasteiger partial charge in [-0.05, 0) is 36.8 Å². The first-order valence-electron chi connectivity index (χ1n) is 7.73. The predicted molar refractivity (Wildman–Crippen MR) is 86.1 cm³/mol. The summed E-state index contributed by atoms with van der Waals surface area (Å²) in [5.74, 6) is 0.428. The zero-order valence-electron chi connectivity index (χ0n) is 12.7. The molecule has 2 aromatic rings. The molecule has 0 amide bonds. The lowest BCUT2D eigenvalue weighted by Crippen LogP contribution is -2.14. The summed E-state index contributed by atoms with van der Waals surface area (Å²) in [6, 6.07) is 6.91. The van der Waals surface area contributed by atoms with Crippen molar-refractivity contribution in [3.05, 3.63) is 47.3 Å². The number of anilines is 1. The van der Waals surface area contributed by atoms with Crippen LogP contribution in [0.4, 0.5) is 5.69 Å². The van der Waals surface area contributed by atoms with Crippen LogP contribution >= 0.6 is 0 Å². The van der Waals surface area contributed by atoms with E-state index in [1.165, 1.54) is 24.0 Å². The van der Waals surface area contributed by atoms with Crippen molar-refractivity contribution in [2.45, 2.75) is 45.6 Å². The first-order chi connectivity index (χ1) is 10.2. The van der Waals surface area contributed by atoms with E-state index in [0.717, 1.165) is 24.1 Å². The van der Waals surface area contributed by atoms with Gasteiger partial charge in [0, 0.05) is 11.9 Å². The van der Waals surface area contributed by atoms with Crippen LogP contribution in [0.2, 0.25) is 0 Å². The molecule has 0 atom stereocenters. The topological polar surface area (TPSA) is 53.7 Å². The highest BCUT2D eigenvalue weighted by atomic mass is 15.3. The summed E-state index contributed by atoms with van der Waals surface area (Å²) in [6.07, 6.45) is 8.11. The van der Waals surface area contributed by atoms with Gasteiger partial charge in [-0.3, -0.25) is 10.1 Å². The second-order valence-electron chi connectivity index (χ2n) is 5.60. The zero-order valence-corrected chi connectivity index (χ0v) is 12.7. The molecule has 0 radical (unpaired) electrons. The van der Waals surface area contributed by atoms with Crippen molar-refractivity contribution >= 4 is 11.5 Å². The van der Waals surface area contributed by atoms with Gasteiger partial charge in [-0.15, -0.1) is 0 Å². The number of para-hydroxylation sites is 1. The Hall–Kier alpha value is -2.10. The molecule has 110 valence electrons. The smallest absolute Gasteiger partial charge is 0.133 e. The maximum atomic E-state index is 8.32. The summed E-state index contributed by atoms with van der Waals surface area (Å²) in [7, 11) is 0. The standard InChI is InChI=1S/C17H22N4/c1-3-12-6-5-7-13(4-2)16(12)20-17(18)14-10-19-21(11-14)15-8-9-15/h5-7,10-11,15H,3-4,8-9H2,1-2H3,(H2,18,20). The molecular formula is C17H22N4. The first kappa shape index (κ1) is 13.9. The Morgan fingerprint density at radius 1 is 1.29 bits per heavy atom. The lowest BCUT2D eigenvalue weighted by atomic mass is 10.0. The molecule has 0 spiro atoms. The second-order valence-corrected chi connectivity index (χ2v) is 5.60. The minimum Gasteiger partial charge on any atom is -0.340 e. The number of nitrogens with one attached hydrogen (secondary N) is 2. The third-order valence-corrected chi connectivity index (χ3v) is 4.06. The van der Waals surface area contributed by atoms with Gasteiger partial charge in [0.1, 0.15) is 5.84 Å². The summed E-state index contributed by atoms with van der Waals surface area (Å²) in [5.41, 5.74) is 4.46. The van der Waals surface area contributed by atoms with E-state index < -0.39 is 0 Å². The van der Waals surface area contributed by atoms with E-state index >= 15 is 0 Å². The lowest BCUT2D eigenvalue weighted by Gasteiger charge is -2.15. The van der Waals surface area contributed by atoms with Gasteiger partial charge in [-0.1, -0.05) is 32.0 Å². The van der Waals surface area contributed by atoms with Crippen molar-refractivity contribution in [2.75, 3.05) is 5.32 Å². The van der Waals surface area contributed by atoms with E-state index in [1.54, 1.807) is 6.20 Å². The molecule has 1 heterocycles. The van der Waals surface area contributed by atoms with Crippen LogP contribution in [0.25, 0.3) is 0 Å². The Kier molecular flexibility index (Phi) is 3.78. The predicted octanol–water partition coefficient (Wildman–Crippen LogP) is 3.78. The summed E-state index contributed by atoms with van der Waals surface area (Å²) in [4.78, 5) is 0. The Labute approximate surface area is 125 Å². The molecular weight excluding hydrogens is 260 g/mol. The van der Waals surface area contributed by atoms with E-state index in [2.05, 4.69) is 42.5 Å². The molecule has 0 unspecified atom stereocenters. The summed E-state index contributed by atoms with van der Waals surface area (Å²) in [5, 5.41) is 16.0. The number of aryl methyl sites for hydroxylation is 2. The average molecular weight is 282 g/mol. The van der Waals surface area contributed by atoms with Crippen LogP contribution in [0.5, 0.6) is 0 Å². The zero-order chi connectivity index (χ0) is 14.8. The third kappa shape index (κ3) is 2.84. The second kappa shape index (κ2) is 5.72. The molecule has 1 aromatic heterocycles. The quantitative estimate of drug-likeness (QED) is 0.647. The highest BCUT2D eigenvalue weighted by Gasteiger charge is 2.24. The van der Waals surface area contributed by atoms with Gasteiger partial charge in [-0.25, -0.2) is 0 Å². The molecule has 3 rings (SSSR count). The molecule has 1 aliphatic rings. The van der Waals surface area contributed by atoms with Crippen molar-refractivity contribution in [2.24, 2.45) is 0 Å². The normalized spacial score (nSPS) is 14.2. The monoisotopic (exact) mass is 282 g/mol. The number of hydrogen-bond donors (Lipinski definition) is 2. The summed E-state index contributed by atoms with van der Waals surface area (Å²) < 4.78 is 1.98. The van der Waals surface area contributed by atoms with Crippen molar-refractivity contribution < 1.29 is 0 Å². The van der Waals surface area contributed by atoms with Crippen molar-refractivity contribution in [3.63, 3.8) is 0 Å². The fourth-order valence-corrected chi connectivity index (χ4v) is 2.61. The molecule has 4 nitrogen and oxygen atoms in total. The third-order valence-electron chi connectivity index (χ3n) is 4.06. The minimum absolute atomic E-state index is 0.428. The molecule has 1 aromatic carbocycles. The van der Waals surface area contributed by atoms with Crippen LogP contribution in [0.15, 0.2) is 30.6 Å². The van der Waals surface area contributed by atoms with Gasteiger partial charge in [0.2, 0.25) is 0 Å². The Bertz CT molecular complexity index is 630. The van der Waals surface area contributed by atoms with E-state index in [-0.39, 0.29) is 0 Å². The molecule has 0 saturated heterocycles. The average Bonchev–Trinajstić information content (AvgIpc) is 3.24. The molecule has 1 aliphatic carbocycles. The lowest BCUT2D eigenvalue weighted by molar-refractivity contribution is 0.641. The molecule has 21 heavy (non-hydrogen) atoms. The maximum absolute atomic E-state index is 8.32. The van der Waals surface area contributed by atoms with Crippen LogP contribution in [0.1, 0.15) is 49.4 Å². The number of amidine groups is 1. The van der Waals surface area contributed by atoms with Crippen LogP contribution in [0, 0.1) is 5.41 Å². The Balaban J connectivity index is 1.83. The molecule has 4 heteroatoms. The molecule has 0 bridgehead atoms. The summed E-state index contributed by atoms with van der Waals surface area (Å²) >= 11 is 0. The van der Waals surface area contributed by atoms with Crippen molar-refractivity contribution in [3.8, 4) is 0 Å². The molecule has 2 N–H and O–H groups in total. The van der Waals surface area contributed by atoms with Gasteiger partial charge >= 0.3 is 0 Å². The van der Waals surface area contributed by atoms with Gasteiger partial charge in [-0.2, -0.15) is 5.10 Å². The highest BCUT2D eigenvalue weighted by Crippen LogP contribution is 2.34. The van der Waals surface area contributed by atoms with Crippen LogP contribution < -0.4 is 5.32 Å². The fourth-order valence-electron chi connectivity index (χ4n) is 2.61. The number of hydrogen-bond acceptors (Lipinski definition) is 2. The van der Waals surface area contributed by atoms with E-state index in [1.807, 2.05) is 10.9 Å². The van der Waals surface area contributed by atoms with E-state index in [4.69, 9.17) is 5.41 Å². The Morgan fingerprint density at radius 2 is 1.95 bits per heavy atom. The molecule has 0 aliphatic heterocycles. The van der Waals surface area contributed by atoms with Gasteiger partial charge in [0.15, 0.2) is 0 Å². The fraction of sp³-hybridized carbons (Fsp3) is 0.412. The van der Waals surface area contributed by atoms with Gasteiger partial charge < -0.3 is 5.32 Å². The van der Waals surface area contributed by atoms with Crippen molar-refractivity contribution in [1.82, 2.24) is 9.78 Å². The van der Waals surface area contributed by atoms with E-state index in [9.17, 15) is 0 Å². The number of nitrogens with zero attached hydrogens (tertiary/aromatic N) is 2. The van der Waals surface area contributed by atoms with Crippen LogP contribution in [-0.4, -0.2) is 15.6 Å². The van der Waals surface area contributed by atoms with Crippen LogP contribution in [0.3, 0.4) is 0 Å².